The fraction of sp³-hybridized carbons (Fsp3) is 0.600. The van der Waals surface area contributed by atoms with E-state index in [1.165, 1.54) is 10.8 Å². The number of ether oxygens (including phenoxy) is 1. The standard InChI is InChI=1S/C10H14N3O4/c1-5-3-13(10(16)12-9(5)11)8-2-6(15)7(4-14)17-8/h3,6-8,15H,2,4H2,1H3,(H2,11,12,16)/t6-,7+,8+/m0/s1. The van der Waals surface area contributed by atoms with Gasteiger partial charge in [0, 0.05) is 18.2 Å². The van der Waals surface area contributed by atoms with Crippen LogP contribution < -0.4 is 11.4 Å². The van der Waals surface area contributed by atoms with Gasteiger partial charge in [0.25, 0.3) is 0 Å². The van der Waals surface area contributed by atoms with Gasteiger partial charge in [-0.2, -0.15) is 4.98 Å². The zero-order chi connectivity index (χ0) is 12.6. The van der Waals surface area contributed by atoms with Crippen LogP contribution >= 0.6 is 0 Å². The highest BCUT2D eigenvalue weighted by Gasteiger charge is 2.35. The van der Waals surface area contributed by atoms with E-state index in [0.29, 0.717) is 5.56 Å². The van der Waals surface area contributed by atoms with Gasteiger partial charge in [-0.05, 0) is 6.92 Å². The van der Waals surface area contributed by atoms with Crippen molar-refractivity contribution in [3.63, 3.8) is 0 Å². The van der Waals surface area contributed by atoms with Crippen LogP contribution in [0.1, 0.15) is 18.2 Å². The second kappa shape index (κ2) is 4.44. The number of hydrogen-bond donors (Lipinski definition) is 2. The second-order valence-electron chi connectivity index (χ2n) is 4.10. The minimum atomic E-state index is -0.845. The van der Waals surface area contributed by atoms with Crippen molar-refractivity contribution in [2.45, 2.75) is 31.8 Å². The number of nitrogen functional groups attached to an aromatic ring is 1. The fourth-order valence-corrected chi connectivity index (χ4v) is 1.82. The van der Waals surface area contributed by atoms with Crippen LogP contribution in [-0.2, 0) is 9.84 Å². The number of aliphatic hydroxyl groups excluding tert-OH is 1. The third kappa shape index (κ3) is 2.17. The minimum absolute atomic E-state index is 0.171. The maximum atomic E-state index is 11.6. The van der Waals surface area contributed by atoms with Crippen molar-refractivity contribution >= 4 is 5.82 Å². The molecule has 1 radical (unpaired) electrons. The first-order valence-corrected chi connectivity index (χ1v) is 5.30. The normalized spacial score (nSPS) is 28.5. The van der Waals surface area contributed by atoms with E-state index in [1.807, 2.05) is 0 Å². The van der Waals surface area contributed by atoms with Gasteiger partial charge in [-0.15, -0.1) is 0 Å². The van der Waals surface area contributed by atoms with E-state index < -0.39 is 30.7 Å². The molecule has 0 unspecified atom stereocenters. The average molecular weight is 240 g/mol. The minimum Gasteiger partial charge on any atom is -0.390 e. The highest BCUT2D eigenvalue weighted by molar-refractivity contribution is 5.35. The van der Waals surface area contributed by atoms with E-state index in [0.717, 1.165) is 0 Å². The summed E-state index contributed by atoms with van der Waals surface area (Å²) in [6, 6.07) is 0. The lowest BCUT2D eigenvalue weighted by Crippen LogP contribution is -2.28. The van der Waals surface area contributed by atoms with Crippen molar-refractivity contribution in [2.24, 2.45) is 0 Å². The number of aromatic nitrogens is 2. The Balaban J connectivity index is 2.30. The van der Waals surface area contributed by atoms with Crippen LogP contribution in [0.3, 0.4) is 0 Å². The van der Waals surface area contributed by atoms with Crippen LogP contribution in [-0.4, -0.2) is 33.5 Å². The number of rotatable bonds is 2. The molecule has 1 saturated heterocycles. The molecule has 0 aliphatic carbocycles. The van der Waals surface area contributed by atoms with Gasteiger partial charge < -0.3 is 15.6 Å². The van der Waals surface area contributed by atoms with Crippen LogP contribution in [0, 0.1) is 6.92 Å². The van der Waals surface area contributed by atoms with Crippen molar-refractivity contribution < 1.29 is 14.9 Å². The van der Waals surface area contributed by atoms with E-state index >= 15 is 0 Å². The maximum Gasteiger partial charge on any atom is 0.351 e. The number of aryl methyl sites for hydroxylation is 1. The van der Waals surface area contributed by atoms with Crippen LogP contribution in [0.2, 0.25) is 0 Å². The molecule has 0 amide bonds. The van der Waals surface area contributed by atoms with E-state index in [1.54, 1.807) is 6.92 Å². The van der Waals surface area contributed by atoms with Crippen molar-refractivity contribution in [1.29, 1.82) is 0 Å². The number of nitrogens with two attached hydrogens (primary N) is 1. The zero-order valence-corrected chi connectivity index (χ0v) is 9.37. The number of hydrogen-bond acceptors (Lipinski definition) is 5. The highest BCUT2D eigenvalue weighted by Crippen LogP contribution is 2.27. The van der Waals surface area contributed by atoms with E-state index in [-0.39, 0.29) is 12.2 Å². The molecule has 17 heavy (non-hydrogen) atoms. The molecule has 7 heteroatoms. The molecule has 0 aromatic carbocycles. The Bertz CT molecular complexity index is 473. The third-order valence-corrected chi connectivity index (χ3v) is 2.85. The van der Waals surface area contributed by atoms with Crippen LogP contribution in [0.5, 0.6) is 0 Å². The average Bonchev–Trinajstić information content (AvgIpc) is 2.65. The van der Waals surface area contributed by atoms with Crippen molar-refractivity contribution in [1.82, 2.24) is 9.55 Å². The molecule has 1 aliphatic heterocycles. The molecule has 0 spiro atoms. The summed E-state index contributed by atoms with van der Waals surface area (Å²) in [6.07, 6.45) is -0.539. The van der Waals surface area contributed by atoms with Crippen LogP contribution in [0.25, 0.3) is 0 Å². The van der Waals surface area contributed by atoms with Gasteiger partial charge in [0.1, 0.15) is 24.8 Å². The summed E-state index contributed by atoms with van der Waals surface area (Å²) in [5.41, 5.74) is 5.61. The summed E-state index contributed by atoms with van der Waals surface area (Å²) in [4.78, 5) is 15.3. The lowest BCUT2D eigenvalue weighted by molar-refractivity contribution is -0.0598. The molecule has 3 atom stereocenters. The molecular formula is C10H14N3O4. The summed E-state index contributed by atoms with van der Waals surface area (Å²) >= 11 is 0. The Morgan fingerprint density at radius 2 is 2.41 bits per heavy atom. The largest absolute Gasteiger partial charge is 0.390 e. The lowest BCUT2D eigenvalue weighted by atomic mass is 10.2. The van der Waals surface area contributed by atoms with Crippen molar-refractivity contribution in [3.8, 4) is 0 Å². The number of anilines is 1. The topological polar surface area (TPSA) is 110 Å². The van der Waals surface area contributed by atoms with Crippen LogP contribution in [0.15, 0.2) is 11.0 Å². The smallest absolute Gasteiger partial charge is 0.351 e. The summed E-state index contributed by atoms with van der Waals surface area (Å²) in [5.74, 6) is 0.171. The maximum absolute atomic E-state index is 11.6. The lowest BCUT2D eigenvalue weighted by Gasteiger charge is -2.14. The summed E-state index contributed by atoms with van der Waals surface area (Å²) in [6.45, 7) is 1.18. The third-order valence-electron chi connectivity index (χ3n) is 2.85. The Labute approximate surface area is 97.5 Å². The summed E-state index contributed by atoms with van der Waals surface area (Å²) in [5, 5.41) is 20.3. The Morgan fingerprint density at radius 3 is 3.00 bits per heavy atom. The monoisotopic (exact) mass is 240 g/mol. The first-order chi connectivity index (χ1) is 8.02. The van der Waals surface area contributed by atoms with Gasteiger partial charge in [-0.3, -0.25) is 4.57 Å². The van der Waals surface area contributed by atoms with E-state index in [2.05, 4.69) is 4.98 Å². The first-order valence-electron chi connectivity index (χ1n) is 5.30. The Morgan fingerprint density at radius 1 is 1.71 bits per heavy atom. The molecule has 3 N–H and O–H groups in total. The van der Waals surface area contributed by atoms with Gasteiger partial charge in [-0.25, -0.2) is 9.90 Å². The molecule has 93 valence electrons. The van der Waals surface area contributed by atoms with Gasteiger partial charge in [-0.1, -0.05) is 0 Å². The van der Waals surface area contributed by atoms with Gasteiger partial charge in [0.15, 0.2) is 0 Å². The first kappa shape index (κ1) is 12.0. The molecule has 7 nitrogen and oxygen atoms in total. The number of nitrogens with zero attached hydrogens (tertiary/aromatic N) is 2. The van der Waals surface area contributed by atoms with Crippen molar-refractivity contribution in [2.75, 3.05) is 12.3 Å². The van der Waals surface area contributed by atoms with Gasteiger partial charge >= 0.3 is 5.69 Å². The molecule has 2 rings (SSSR count). The molecule has 1 aliphatic rings. The second-order valence-corrected chi connectivity index (χ2v) is 4.10. The quantitative estimate of drug-likeness (QED) is 0.704. The SMILES string of the molecule is Cc1cn([C@H]2C[C@H](O)[C@@H](C[O])O2)c(=O)nc1N. The molecule has 1 aromatic rings. The predicted octanol–water partition coefficient (Wildman–Crippen LogP) is -0.787. The fourth-order valence-electron chi connectivity index (χ4n) is 1.82. The summed E-state index contributed by atoms with van der Waals surface area (Å²) in [7, 11) is 0. The van der Waals surface area contributed by atoms with E-state index in [9.17, 15) is 15.0 Å². The zero-order valence-electron chi connectivity index (χ0n) is 9.37. The molecule has 0 saturated carbocycles. The molecule has 0 bridgehead atoms. The predicted molar refractivity (Wildman–Crippen MR) is 57.7 cm³/mol. The van der Waals surface area contributed by atoms with Crippen molar-refractivity contribution in [3.05, 3.63) is 22.2 Å². The molecule has 1 aromatic heterocycles. The van der Waals surface area contributed by atoms with Crippen LogP contribution in [0.4, 0.5) is 5.82 Å². The molecule has 1 fully saturated rings. The molecular weight excluding hydrogens is 226 g/mol. The Hall–Kier alpha value is -1.44. The highest BCUT2D eigenvalue weighted by atomic mass is 16.5. The van der Waals surface area contributed by atoms with E-state index in [4.69, 9.17) is 10.5 Å². The summed E-state index contributed by atoms with van der Waals surface area (Å²) < 4.78 is 6.56. The number of aliphatic hydroxyl groups is 1. The van der Waals surface area contributed by atoms with Gasteiger partial charge in [0.05, 0.1) is 6.10 Å². The Kier molecular flexibility index (Phi) is 3.14. The van der Waals surface area contributed by atoms with Gasteiger partial charge in [0.2, 0.25) is 0 Å². The molecule has 2 heterocycles.